The summed E-state index contributed by atoms with van der Waals surface area (Å²) in [5.41, 5.74) is 0.413. The predicted octanol–water partition coefficient (Wildman–Crippen LogP) is 1.54. The van der Waals surface area contributed by atoms with Crippen LogP contribution in [0.15, 0.2) is 10.7 Å². The standard InChI is InChI=1S/C13H18N2O4/c1-3-18-13(17)11-6-4-5-7-15(11)12(16)10-8-14-19-9(10)2/h8,11H,3-7H2,1-2H3. The Bertz CT molecular complexity index is 469. The number of ether oxygens (including phenoxy) is 1. The fraction of sp³-hybridized carbons (Fsp3) is 0.615. The quantitative estimate of drug-likeness (QED) is 0.776. The van der Waals surface area contributed by atoms with Crippen LogP contribution in [-0.2, 0) is 9.53 Å². The minimum Gasteiger partial charge on any atom is -0.464 e. The van der Waals surface area contributed by atoms with E-state index in [0.717, 1.165) is 12.8 Å². The third-order valence-corrected chi connectivity index (χ3v) is 3.30. The van der Waals surface area contributed by atoms with Gasteiger partial charge in [-0.05, 0) is 33.1 Å². The van der Waals surface area contributed by atoms with Gasteiger partial charge in [-0.2, -0.15) is 0 Å². The lowest BCUT2D eigenvalue weighted by molar-refractivity contribution is -0.149. The normalized spacial score (nSPS) is 19.3. The fourth-order valence-electron chi connectivity index (χ4n) is 2.32. The van der Waals surface area contributed by atoms with Crippen molar-refractivity contribution >= 4 is 11.9 Å². The van der Waals surface area contributed by atoms with E-state index < -0.39 is 6.04 Å². The van der Waals surface area contributed by atoms with Crippen LogP contribution in [0.2, 0.25) is 0 Å². The van der Waals surface area contributed by atoms with Gasteiger partial charge < -0.3 is 14.2 Å². The van der Waals surface area contributed by atoms with Crippen LogP contribution in [0, 0.1) is 6.92 Å². The van der Waals surface area contributed by atoms with E-state index in [0.29, 0.717) is 30.9 Å². The Hall–Kier alpha value is -1.85. The molecule has 1 amide bonds. The Balaban J connectivity index is 2.18. The van der Waals surface area contributed by atoms with Crippen molar-refractivity contribution < 1.29 is 18.8 Å². The number of hydrogen-bond donors (Lipinski definition) is 0. The SMILES string of the molecule is CCOC(=O)C1CCCCN1C(=O)c1cnoc1C. The molecule has 0 bridgehead atoms. The number of esters is 1. The molecule has 19 heavy (non-hydrogen) atoms. The molecule has 1 aromatic rings. The Morgan fingerprint density at radius 2 is 2.32 bits per heavy atom. The maximum Gasteiger partial charge on any atom is 0.328 e. The monoisotopic (exact) mass is 266 g/mol. The summed E-state index contributed by atoms with van der Waals surface area (Å²) in [5.74, 6) is -0.0701. The number of aromatic nitrogens is 1. The molecule has 1 unspecified atom stereocenters. The van der Waals surface area contributed by atoms with Gasteiger partial charge in [-0.3, -0.25) is 4.79 Å². The first-order chi connectivity index (χ1) is 9.15. The molecule has 0 aliphatic carbocycles. The molecule has 1 atom stereocenters. The summed E-state index contributed by atoms with van der Waals surface area (Å²) in [5, 5.41) is 3.61. The molecule has 1 aliphatic rings. The number of carbonyl (C=O) groups excluding carboxylic acids is 2. The number of hydrogen-bond acceptors (Lipinski definition) is 5. The van der Waals surface area contributed by atoms with Crippen LogP contribution in [0.5, 0.6) is 0 Å². The second kappa shape index (κ2) is 5.86. The molecule has 1 fully saturated rings. The molecule has 1 aliphatic heterocycles. The lowest BCUT2D eigenvalue weighted by Crippen LogP contribution is -2.48. The van der Waals surface area contributed by atoms with Gasteiger partial charge in [-0.1, -0.05) is 5.16 Å². The Morgan fingerprint density at radius 3 is 2.95 bits per heavy atom. The number of amides is 1. The van der Waals surface area contributed by atoms with Crippen LogP contribution < -0.4 is 0 Å². The zero-order chi connectivity index (χ0) is 13.8. The van der Waals surface area contributed by atoms with Gasteiger partial charge in [0.15, 0.2) is 0 Å². The van der Waals surface area contributed by atoms with Gasteiger partial charge in [-0.15, -0.1) is 0 Å². The van der Waals surface area contributed by atoms with Gasteiger partial charge in [0, 0.05) is 6.54 Å². The lowest BCUT2D eigenvalue weighted by atomic mass is 10.0. The molecule has 2 rings (SSSR count). The summed E-state index contributed by atoms with van der Waals surface area (Å²) in [6.45, 7) is 4.33. The Morgan fingerprint density at radius 1 is 1.53 bits per heavy atom. The first-order valence-corrected chi connectivity index (χ1v) is 6.54. The number of rotatable bonds is 3. The molecule has 0 N–H and O–H groups in total. The molecular formula is C13H18N2O4. The second-order valence-corrected chi connectivity index (χ2v) is 4.56. The summed E-state index contributed by atoms with van der Waals surface area (Å²) in [4.78, 5) is 25.9. The molecule has 0 spiro atoms. The molecule has 1 aromatic heterocycles. The van der Waals surface area contributed by atoms with Gasteiger partial charge in [0.1, 0.15) is 17.4 Å². The largest absolute Gasteiger partial charge is 0.464 e. The highest BCUT2D eigenvalue weighted by atomic mass is 16.5. The average Bonchev–Trinajstić information content (AvgIpc) is 2.84. The van der Waals surface area contributed by atoms with Gasteiger partial charge >= 0.3 is 5.97 Å². The average molecular weight is 266 g/mol. The summed E-state index contributed by atoms with van der Waals surface area (Å²) < 4.78 is 9.94. The summed E-state index contributed by atoms with van der Waals surface area (Å²) in [6.07, 6.45) is 3.87. The van der Waals surface area contributed by atoms with Gasteiger partial charge in [0.2, 0.25) is 0 Å². The van der Waals surface area contributed by atoms with Crippen LogP contribution in [0.25, 0.3) is 0 Å². The molecule has 0 aromatic carbocycles. The lowest BCUT2D eigenvalue weighted by Gasteiger charge is -2.33. The molecule has 0 saturated carbocycles. The van der Waals surface area contributed by atoms with Crippen LogP contribution >= 0.6 is 0 Å². The van der Waals surface area contributed by atoms with Crippen molar-refractivity contribution in [2.75, 3.05) is 13.2 Å². The third-order valence-electron chi connectivity index (χ3n) is 3.30. The molecule has 104 valence electrons. The number of nitrogens with zero attached hydrogens (tertiary/aromatic N) is 2. The van der Waals surface area contributed by atoms with Gasteiger partial charge in [0.25, 0.3) is 5.91 Å². The molecule has 6 heteroatoms. The highest BCUT2D eigenvalue weighted by molar-refractivity contribution is 5.97. The molecule has 1 saturated heterocycles. The van der Waals surface area contributed by atoms with E-state index in [1.807, 2.05) is 0 Å². The van der Waals surface area contributed by atoms with E-state index in [-0.39, 0.29) is 11.9 Å². The predicted molar refractivity (Wildman–Crippen MR) is 66.5 cm³/mol. The topological polar surface area (TPSA) is 72.6 Å². The summed E-state index contributed by atoms with van der Waals surface area (Å²) in [6, 6.07) is -0.490. The van der Waals surface area contributed by atoms with Crippen molar-refractivity contribution in [3.63, 3.8) is 0 Å². The maximum atomic E-state index is 12.4. The Labute approximate surface area is 111 Å². The number of carbonyl (C=O) groups is 2. The van der Waals surface area contributed by atoms with E-state index in [2.05, 4.69) is 5.16 Å². The minimum atomic E-state index is -0.490. The van der Waals surface area contributed by atoms with Crippen molar-refractivity contribution in [3.8, 4) is 0 Å². The molecular weight excluding hydrogens is 248 g/mol. The Kier molecular flexibility index (Phi) is 4.19. The van der Waals surface area contributed by atoms with E-state index in [9.17, 15) is 9.59 Å². The molecule has 0 radical (unpaired) electrons. The van der Waals surface area contributed by atoms with Crippen molar-refractivity contribution in [2.24, 2.45) is 0 Å². The first-order valence-electron chi connectivity index (χ1n) is 6.54. The van der Waals surface area contributed by atoms with Gasteiger partial charge in [0.05, 0.1) is 12.8 Å². The van der Waals surface area contributed by atoms with E-state index in [1.165, 1.54) is 6.20 Å². The van der Waals surface area contributed by atoms with E-state index >= 15 is 0 Å². The van der Waals surface area contributed by atoms with Crippen molar-refractivity contribution in [2.45, 2.75) is 39.2 Å². The highest BCUT2D eigenvalue weighted by Gasteiger charge is 2.34. The highest BCUT2D eigenvalue weighted by Crippen LogP contribution is 2.21. The number of aryl methyl sites for hydroxylation is 1. The summed E-state index contributed by atoms with van der Waals surface area (Å²) >= 11 is 0. The van der Waals surface area contributed by atoms with Gasteiger partial charge in [-0.25, -0.2) is 4.79 Å². The fourth-order valence-corrected chi connectivity index (χ4v) is 2.32. The maximum absolute atomic E-state index is 12.4. The van der Waals surface area contributed by atoms with E-state index in [1.54, 1.807) is 18.7 Å². The van der Waals surface area contributed by atoms with Crippen LogP contribution in [0.4, 0.5) is 0 Å². The number of piperidine rings is 1. The van der Waals surface area contributed by atoms with Crippen molar-refractivity contribution in [1.82, 2.24) is 10.1 Å². The smallest absolute Gasteiger partial charge is 0.328 e. The van der Waals surface area contributed by atoms with Crippen molar-refractivity contribution in [1.29, 1.82) is 0 Å². The number of likely N-dealkylation sites (tertiary alicyclic amines) is 1. The minimum absolute atomic E-state index is 0.212. The van der Waals surface area contributed by atoms with E-state index in [4.69, 9.17) is 9.26 Å². The zero-order valence-corrected chi connectivity index (χ0v) is 11.2. The van der Waals surface area contributed by atoms with Crippen molar-refractivity contribution in [3.05, 3.63) is 17.5 Å². The van der Waals surface area contributed by atoms with Crippen LogP contribution in [0.3, 0.4) is 0 Å². The summed E-state index contributed by atoms with van der Waals surface area (Å²) in [7, 11) is 0. The zero-order valence-electron chi connectivity index (χ0n) is 11.2. The van der Waals surface area contributed by atoms with Crippen LogP contribution in [0.1, 0.15) is 42.3 Å². The molecule has 6 nitrogen and oxygen atoms in total. The molecule has 2 heterocycles. The van der Waals surface area contributed by atoms with Crippen LogP contribution in [-0.4, -0.2) is 41.1 Å². The first kappa shape index (κ1) is 13.6. The third kappa shape index (κ3) is 2.77. The second-order valence-electron chi connectivity index (χ2n) is 4.56.